The molecule has 0 spiro atoms. The Kier molecular flexibility index (Phi) is 10.5. The van der Waals surface area contributed by atoms with Gasteiger partial charge in [-0.2, -0.15) is 11.8 Å². The van der Waals surface area contributed by atoms with Crippen LogP contribution in [-0.4, -0.2) is 50.4 Å². The Balaban J connectivity index is 3.80. The number of carbonyl (C=O) groups excluding carboxylic acids is 1. The molecule has 18 heavy (non-hydrogen) atoms. The van der Waals surface area contributed by atoms with Crippen LogP contribution in [0.2, 0.25) is 0 Å². The second-order valence-corrected chi connectivity index (χ2v) is 5.64. The summed E-state index contributed by atoms with van der Waals surface area (Å²) < 4.78 is 9.84. The quantitative estimate of drug-likeness (QED) is 0.463. The molecule has 0 aromatic rings. The summed E-state index contributed by atoms with van der Waals surface area (Å²) in [6, 6.07) is 0. The van der Waals surface area contributed by atoms with E-state index in [4.69, 9.17) is 9.47 Å². The second kappa shape index (κ2) is 10.6. The molecule has 0 aromatic carbocycles. The summed E-state index contributed by atoms with van der Waals surface area (Å²) in [5, 5.41) is 3.22. The van der Waals surface area contributed by atoms with E-state index < -0.39 is 5.54 Å². The maximum atomic E-state index is 11.7. The number of rotatable bonds is 11. The van der Waals surface area contributed by atoms with Crippen molar-refractivity contribution in [3.05, 3.63) is 0 Å². The Bertz CT molecular complexity index is 226. The van der Waals surface area contributed by atoms with E-state index in [2.05, 4.69) is 5.32 Å². The monoisotopic (exact) mass is 277 g/mol. The highest BCUT2D eigenvalue weighted by Crippen LogP contribution is 2.17. The minimum atomic E-state index is -0.541. The molecule has 0 aliphatic rings. The van der Waals surface area contributed by atoms with Crippen LogP contribution in [0.3, 0.4) is 0 Å². The van der Waals surface area contributed by atoms with Gasteiger partial charge in [-0.1, -0.05) is 13.3 Å². The first kappa shape index (κ1) is 17.7. The van der Waals surface area contributed by atoms with Crippen molar-refractivity contribution in [2.45, 2.75) is 38.6 Å². The van der Waals surface area contributed by atoms with Gasteiger partial charge in [-0.15, -0.1) is 0 Å². The van der Waals surface area contributed by atoms with E-state index in [-0.39, 0.29) is 5.97 Å². The molecule has 0 radical (unpaired) electrons. The van der Waals surface area contributed by atoms with Crippen LogP contribution in [0.4, 0.5) is 0 Å². The lowest BCUT2D eigenvalue weighted by Crippen LogP contribution is -2.50. The molecule has 1 unspecified atom stereocenters. The molecule has 0 bridgehead atoms. The van der Waals surface area contributed by atoms with Gasteiger partial charge in [0.2, 0.25) is 0 Å². The van der Waals surface area contributed by atoms with Gasteiger partial charge in [0.1, 0.15) is 5.54 Å². The van der Waals surface area contributed by atoms with Crippen molar-refractivity contribution in [2.75, 3.05) is 38.9 Å². The number of unbranched alkanes of at least 4 members (excludes halogenated alkanes) is 1. The molecule has 0 rings (SSSR count). The van der Waals surface area contributed by atoms with Gasteiger partial charge in [0.05, 0.1) is 13.7 Å². The third-order valence-corrected chi connectivity index (χ3v) is 3.88. The van der Waals surface area contributed by atoms with Crippen molar-refractivity contribution in [1.29, 1.82) is 0 Å². The van der Waals surface area contributed by atoms with Gasteiger partial charge in [0, 0.05) is 12.9 Å². The summed E-state index contributed by atoms with van der Waals surface area (Å²) in [6.07, 6.45) is 2.96. The summed E-state index contributed by atoms with van der Waals surface area (Å²) in [5.41, 5.74) is -0.541. The van der Waals surface area contributed by atoms with Crippen LogP contribution >= 0.6 is 11.8 Å². The molecule has 0 amide bonds. The van der Waals surface area contributed by atoms with Crippen LogP contribution in [0.5, 0.6) is 0 Å². The molecule has 0 saturated carbocycles. The average Bonchev–Trinajstić information content (AvgIpc) is 2.37. The Labute approximate surface area is 115 Å². The Morgan fingerprint density at radius 3 is 2.56 bits per heavy atom. The fraction of sp³-hybridized carbons (Fsp3) is 0.923. The highest BCUT2D eigenvalue weighted by atomic mass is 32.2. The van der Waals surface area contributed by atoms with Crippen LogP contribution in [-0.2, 0) is 14.3 Å². The lowest BCUT2D eigenvalue weighted by atomic mass is 9.95. The standard InChI is InChI=1S/C13H27NO3S/c1-5-14-13(2,12(15)17-4)8-6-7-10-18-11-9-16-3/h14H,5-11H2,1-4H3. The number of likely N-dealkylation sites (N-methyl/N-ethyl adjacent to an activating group) is 1. The zero-order valence-corrected chi connectivity index (χ0v) is 12.9. The minimum absolute atomic E-state index is 0.170. The van der Waals surface area contributed by atoms with Crippen molar-refractivity contribution >= 4 is 17.7 Å². The van der Waals surface area contributed by atoms with Crippen molar-refractivity contribution in [1.82, 2.24) is 5.32 Å². The first-order chi connectivity index (χ1) is 8.60. The maximum absolute atomic E-state index is 11.7. The minimum Gasteiger partial charge on any atom is -0.468 e. The Hall–Kier alpha value is -0.260. The number of nitrogens with one attached hydrogen (secondary N) is 1. The largest absolute Gasteiger partial charge is 0.468 e. The van der Waals surface area contributed by atoms with E-state index in [1.54, 1.807) is 7.11 Å². The molecule has 1 atom stereocenters. The van der Waals surface area contributed by atoms with Crippen LogP contribution < -0.4 is 5.32 Å². The number of esters is 1. The predicted molar refractivity (Wildman–Crippen MR) is 77.1 cm³/mol. The molecule has 0 fully saturated rings. The highest BCUT2D eigenvalue weighted by Gasteiger charge is 2.32. The smallest absolute Gasteiger partial charge is 0.325 e. The maximum Gasteiger partial charge on any atom is 0.325 e. The molecule has 0 aromatic heterocycles. The van der Waals surface area contributed by atoms with Gasteiger partial charge in [-0.25, -0.2) is 0 Å². The Morgan fingerprint density at radius 2 is 2.00 bits per heavy atom. The molecular formula is C13H27NO3S. The Morgan fingerprint density at radius 1 is 1.28 bits per heavy atom. The molecule has 1 N–H and O–H groups in total. The molecule has 0 heterocycles. The van der Waals surface area contributed by atoms with E-state index >= 15 is 0 Å². The van der Waals surface area contributed by atoms with Gasteiger partial charge in [0.25, 0.3) is 0 Å². The van der Waals surface area contributed by atoms with Crippen LogP contribution in [0.25, 0.3) is 0 Å². The van der Waals surface area contributed by atoms with Gasteiger partial charge >= 0.3 is 5.97 Å². The third kappa shape index (κ3) is 7.24. The molecule has 0 aliphatic heterocycles. The predicted octanol–water partition coefficient (Wildman–Crippen LogP) is 2.08. The number of carbonyl (C=O) groups is 1. The molecule has 0 aliphatic carbocycles. The van der Waals surface area contributed by atoms with Crippen LogP contribution in [0.15, 0.2) is 0 Å². The number of thioether (sulfide) groups is 1. The zero-order valence-electron chi connectivity index (χ0n) is 12.1. The molecule has 4 nitrogen and oxygen atoms in total. The summed E-state index contributed by atoms with van der Waals surface area (Å²) in [5.74, 6) is 1.99. The van der Waals surface area contributed by atoms with Crippen molar-refractivity contribution in [3.63, 3.8) is 0 Å². The number of hydrogen-bond donors (Lipinski definition) is 1. The lowest BCUT2D eigenvalue weighted by molar-refractivity contribution is -0.148. The summed E-state index contributed by atoms with van der Waals surface area (Å²) in [6.45, 7) is 5.50. The van der Waals surface area contributed by atoms with Crippen molar-refractivity contribution in [2.24, 2.45) is 0 Å². The normalized spacial score (nSPS) is 14.2. The highest BCUT2D eigenvalue weighted by molar-refractivity contribution is 7.99. The summed E-state index contributed by atoms with van der Waals surface area (Å²) in [4.78, 5) is 11.7. The van der Waals surface area contributed by atoms with E-state index in [0.29, 0.717) is 0 Å². The van der Waals surface area contributed by atoms with Crippen molar-refractivity contribution in [3.8, 4) is 0 Å². The topological polar surface area (TPSA) is 47.6 Å². The van der Waals surface area contributed by atoms with Crippen molar-refractivity contribution < 1.29 is 14.3 Å². The second-order valence-electron chi connectivity index (χ2n) is 4.42. The van der Waals surface area contributed by atoms with E-state index in [9.17, 15) is 4.79 Å². The SMILES string of the molecule is CCNC(C)(CCCCSCCOC)C(=O)OC. The molecule has 0 saturated heterocycles. The van der Waals surface area contributed by atoms with E-state index in [1.807, 2.05) is 25.6 Å². The fourth-order valence-electron chi connectivity index (χ4n) is 1.81. The van der Waals surface area contributed by atoms with Gasteiger partial charge in [0.15, 0.2) is 0 Å². The van der Waals surface area contributed by atoms with Gasteiger partial charge in [-0.3, -0.25) is 4.79 Å². The third-order valence-electron chi connectivity index (χ3n) is 2.85. The van der Waals surface area contributed by atoms with Crippen LogP contribution in [0, 0.1) is 0 Å². The van der Waals surface area contributed by atoms with Gasteiger partial charge < -0.3 is 14.8 Å². The van der Waals surface area contributed by atoms with E-state index in [0.717, 1.165) is 43.9 Å². The van der Waals surface area contributed by atoms with Gasteiger partial charge in [-0.05, 0) is 32.1 Å². The first-order valence-corrected chi connectivity index (χ1v) is 7.66. The molecule has 5 heteroatoms. The molecular weight excluding hydrogens is 250 g/mol. The first-order valence-electron chi connectivity index (χ1n) is 6.50. The van der Waals surface area contributed by atoms with E-state index in [1.165, 1.54) is 7.11 Å². The summed E-state index contributed by atoms with van der Waals surface area (Å²) in [7, 11) is 3.16. The lowest BCUT2D eigenvalue weighted by Gasteiger charge is -2.27. The summed E-state index contributed by atoms with van der Waals surface area (Å²) >= 11 is 1.89. The zero-order chi connectivity index (χ0) is 13.9. The number of methoxy groups -OCH3 is 2. The fourth-order valence-corrected chi connectivity index (χ4v) is 2.70. The molecule has 108 valence electrons. The number of ether oxygens (including phenoxy) is 2. The average molecular weight is 277 g/mol. The van der Waals surface area contributed by atoms with Crippen LogP contribution in [0.1, 0.15) is 33.1 Å². The number of hydrogen-bond acceptors (Lipinski definition) is 5.